The average Bonchev–Trinajstić information content (AvgIpc) is 2.81. The molecule has 4 rings (SSSR count). The van der Waals surface area contributed by atoms with Gasteiger partial charge < -0.3 is 19.3 Å². The summed E-state index contributed by atoms with van der Waals surface area (Å²) >= 11 is 6.25. The summed E-state index contributed by atoms with van der Waals surface area (Å²) in [5.41, 5.74) is 1.62. The van der Waals surface area contributed by atoms with E-state index in [1.54, 1.807) is 31.4 Å². The molecular formula is C24H25ClN4O3. The molecule has 0 bridgehead atoms. The smallest absolute Gasteiger partial charge is 0.257 e. The van der Waals surface area contributed by atoms with E-state index < -0.39 is 0 Å². The topological polar surface area (TPSA) is 67.8 Å². The largest absolute Gasteiger partial charge is 0.496 e. The fourth-order valence-electron chi connectivity index (χ4n) is 3.80. The molecule has 0 radical (unpaired) electrons. The molecule has 1 fully saturated rings. The van der Waals surface area contributed by atoms with Crippen molar-refractivity contribution in [2.75, 3.05) is 31.6 Å². The lowest BCUT2D eigenvalue weighted by atomic mass is 10.1. The molecule has 0 saturated carbocycles. The first-order valence-corrected chi connectivity index (χ1v) is 10.8. The van der Waals surface area contributed by atoms with Crippen molar-refractivity contribution in [3.05, 3.63) is 71.0 Å². The summed E-state index contributed by atoms with van der Waals surface area (Å²) in [6, 6.07) is 14.7. The van der Waals surface area contributed by atoms with Crippen molar-refractivity contribution >= 4 is 23.3 Å². The number of carbonyl (C=O) groups is 1. The summed E-state index contributed by atoms with van der Waals surface area (Å²) in [5, 5.41) is 0.521. The van der Waals surface area contributed by atoms with Crippen LogP contribution in [-0.4, -0.2) is 53.6 Å². The van der Waals surface area contributed by atoms with Gasteiger partial charge in [-0.25, -0.2) is 9.97 Å². The average molecular weight is 453 g/mol. The van der Waals surface area contributed by atoms with Crippen LogP contribution in [0, 0.1) is 6.92 Å². The number of halogens is 1. The lowest BCUT2D eigenvalue weighted by Gasteiger charge is -2.40. The normalized spacial score (nSPS) is 16.1. The van der Waals surface area contributed by atoms with Gasteiger partial charge in [0.05, 0.1) is 17.7 Å². The van der Waals surface area contributed by atoms with Gasteiger partial charge in [0.2, 0.25) is 5.88 Å². The first-order chi connectivity index (χ1) is 15.5. The molecular weight excluding hydrogens is 428 g/mol. The van der Waals surface area contributed by atoms with Crippen LogP contribution in [-0.2, 0) is 0 Å². The van der Waals surface area contributed by atoms with Crippen molar-refractivity contribution in [3.63, 3.8) is 0 Å². The van der Waals surface area contributed by atoms with E-state index in [9.17, 15) is 4.79 Å². The van der Waals surface area contributed by atoms with Crippen molar-refractivity contribution < 1.29 is 14.3 Å². The first-order valence-electron chi connectivity index (χ1n) is 10.4. The van der Waals surface area contributed by atoms with Crippen LogP contribution in [0.25, 0.3) is 0 Å². The third kappa shape index (κ3) is 4.62. The number of ether oxygens (including phenoxy) is 2. The second-order valence-electron chi connectivity index (χ2n) is 7.74. The highest BCUT2D eigenvalue weighted by Gasteiger charge is 2.30. The second kappa shape index (κ2) is 9.44. The van der Waals surface area contributed by atoms with E-state index in [4.69, 9.17) is 21.1 Å². The number of nitrogens with zero attached hydrogens (tertiary/aromatic N) is 4. The Balaban J connectivity index is 1.47. The minimum absolute atomic E-state index is 0.00767. The molecule has 1 unspecified atom stereocenters. The highest BCUT2D eigenvalue weighted by atomic mass is 35.5. The lowest BCUT2D eigenvalue weighted by Crippen LogP contribution is -2.54. The van der Waals surface area contributed by atoms with Crippen molar-refractivity contribution in [2.24, 2.45) is 0 Å². The lowest BCUT2D eigenvalue weighted by molar-refractivity contribution is 0.0670. The zero-order valence-corrected chi connectivity index (χ0v) is 19.0. The molecule has 1 saturated heterocycles. The number of hydrogen-bond donors (Lipinski definition) is 0. The van der Waals surface area contributed by atoms with E-state index in [-0.39, 0.29) is 11.9 Å². The molecule has 1 aliphatic rings. The molecule has 0 spiro atoms. The standard InChI is InChI=1S/C24H25ClN4O3/c1-16-8-9-19(25)21(12-16)32-23-13-22(26-15-27-23)28-10-11-29(17(2)14-28)24(30)18-6-4-5-7-20(18)31-3/h4-9,12-13,15,17H,10-11,14H2,1-3H3. The molecule has 1 atom stereocenters. The summed E-state index contributed by atoms with van der Waals surface area (Å²) in [5.74, 6) is 2.27. The van der Waals surface area contributed by atoms with Gasteiger partial charge in [0, 0.05) is 31.7 Å². The highest BCUT2D eigenvalue weighted by molar-refractivity contribution is 6.32. The monoisotopic (exact) mass is 452 g/mol. The number of carbonyl (C=O) groups excluding carboxylic acids is 1. The summed E-state index contributed by atoms with van der Waals surface area (Å²) in [6.45, 7) is 5.86. The molecule has 2 heterocycles. The van der Waals surface area contributed by atoms with Crippen LogP contribution in [0.15, 0.2) is 54.9 Å². The fourth-order valence-corrected chi connectivity index (χ4v) is 3.96. The molecule has 8 heteroatoms. The minimum Gasteiger partial charge on any atom is -0.496 e. The van der Waals surface area contributed by atoms with Crippen LogP contribution in [0.5, 0.6) is 17.4 Å². The van der Waals surface area contributed by atoms with Gasteiger partial charge in [0.25, 0.3) is 5.91 Å². The number of anilines is 1. The maximum atomic E-state index is 13.1. The van der Waals surface area contributed by atoms with Crippen LogP contribution < -0.4 is 14.4 Å². The summed E-state index contributed by atoms with van der Waals surface area (Å²) in [7, 11) is 1.58. The van der Waals surface area contributed by atoms with Crippen LogP contribution in [0.3, 0.4) is 0 Å². The molecule has 166 valence electrons. The van der Waals surface area contributed by atoms with Gasteiger partial charge >= 0.3 is 0 Å². The Morgan fingerprint density at radius 1 is 1.09 bits per heavy atom. The predicted molar refractivity (Wildman–Crippen MR) is 124 cm³/mol. The van der Waals surface area contributed by atoms with E-state index in [0.29, 0.717) is 47.6 Å². The van der Waals surface area contributed by atoms with Gasteiger partial charge in [-0.3, -0.25) is 4.79 Å². The second-order valence-corrected chi connectivity index (χ2v) is 8.15. The Labute approximate surface area is 192 Å². The molecule has 3 aromatic rings. The Bertz CT molecular complexity index is 1120. The molecule has 1 amide bonds. The third-order valence-corrected chi connectivity index (χ3v) is 5.79. The maximum absolute atomic E-state index is 13.1. The van der Waals surface area contributed by atoms with Gasteiger partial charge in [0.15, 0.2) is 0 Å². The van der Waals surface area contributed by atoms with Crippen LogP contribution in [0.4, 0.5) is 5.82 Å². The van der Waals surface area contributed by atoms with Gasteiger partial charge in [-0.1, -0.05) is 29.8 Å². The van der Waals surface area contributed by atoms with E-state index in [1.165, 1.54) is 6.33 Å². The van der Waals surface area contributed by atoms with Gasteiger partial charge in [0.1, 0.15) is 23.6 Å². The van der Waals surface area contributed by atoms with Crippen molar-refractivity contribution in [1.29, 1.82) is 0 Å². The van der Waals surface area contributed by atoms with E-state index in [2.05, 4.69) is 14.9 Å². The fraction of sp³-hybridized carbons (Fsp3) is 0.292. The van der Waals surface area contributed by atoms with E-state index >= 15 is 0 Å². The van der Waals surface area contributed by atoms with E-state index in [0.717, 1.165) is 11.4 Å². The first kappa shape index (κ1) is 21.9. The highest BCUT2D eigenvalue weighted by Crippen LogP contribution is 2.31. The number of benzene rings is 2. The molecule has 1 aromatic heterocycles. The zero-order valence-electron chi connectivity index (χ0n) is 18.3. The Morgan fingerprint density at radius 2 is 1.91 bits per heavy atom. The number of piperazine rings is 1. The number of rotatable bonds is 5. The van der Waals surface area contributed by atoms with Crippen LogP contribution in [0.1, 0.15) is 22.8 Å². The number of amides is 1. The van der Waals surface area contributed by atoms with Crippen LogP contribution in [0.2, 0.25) is 5.02 Å². The Morgan fingerprint density at radius 3 is 2.69 bits per heavy atom. The molecule has 7 nitrogen and oxygen atoms in total. The SMILES string of the molecule is COc1ccccc1C(=O)N1CCN(c2cc(Oc3cc(C)ccc3Cl)ncn2)CC1C. The van der Waals surface area contributed by atoms with Gasteiger partial charge in [-0.05, 0) is 43.7 Å². The zero-order chi connectivity index (χ0) is 22.7. The third-order valence-electron chi connectivity index (χ3n) is 5.48. The van der Waals surface area contributed by atoms with Crippen molar-refractivity contribution in [1.82, 2.24) is 14.9 Å². The van der Waals surface area contributed by atoms with Crippen molar-refractivity contribution in [3.8, 4) is 17.4 Å². The molecule has 2 aromatic carbocycles. The molecule has 0 aliphatic carbocycles. The summed E-state index contributed by atoms with van der Waals surface area (Å²) in [6.07, 6.45) is 1.48. The number of aromatic nitrogens is 2. The summed E-state index contributed by atoms with van der Waals surface area (Å²) < 4.78 is 11.3. The Hall–Kier alpha value is -3.32. The molecule has 1 aliphatic heterocycles. The number of hydrogen-bond acceptors (Lipinski definition) is 6. The van der Waals surface area contributed by atoms with Gasteiger partial charge in [-0.2, -0.15) is 0 Å². The number of aryl methyl sites for hydroxylation is 1. The molecule has 0 N–H and O–H groups in total. The Kier molecular flexibility index (Phi) is 6.46. The van der Waals surface area contributed by atoms with Crippen LogP contribution >= 0.6 is 11.6 Å². The number of methoxy groups -OCH3 is 1. The van der Waals surface area contributed by atoms with Gasteiger partial charge in [-0.15, -0.1) is 0 Å². The maximum Gasteiger partial charge on any atom is 0.257 e. The summed E-state index contributed by atoms with van der Waals surface area (Å²) in [4.78, 5) is 25.8. The minimum atomic E-state index is -0.0320. The molecule has 32 heavy (non-hydrogen) atoms. The van der Waals surface area contributed by atoms with Crippen molar-refractivity contribution in [2.45, 2.75) is 19.9 Å². The van der Waals surface area contributed by atoms with E-state index in [1.807, 2.05) is 43.0 Å². The quantitative estimate of drug-likeness (QED) is 0.564. The predicted octanol–water partition coefficient (Wildman–Crippen LogP) is 4.59. The number of para-hydroxylation sites is 1.